The Hall–Kier alpha value is -1.68. The molecule has 1 amide bonds. The molecule has 1 saturated heterocycles. The number of unbranched alkanes of at least 4 members (excludes halogenated alkanes) is 1. The van der Waals surface area contributed by atoms with Gasteiger partial charge in [0.05, 0.1) is 19.4 Å². The first kappa shape index (κ1) is 28.9. The van der Waals surface area contributed by atoms with E-state index < -0.39 is 10.0 Å². The molecule has 1 aliphatic carbocycles. The molecule has 1 unspecified atom stereocenters. The molecule has 204 valence electrons. The van der Waals surface area contributed by atoms with E-state index >= 15 is 0 Å². The van der Waals surface area contributed by atoms with Crippen molar-refractivity contribution in [3.63, 3.8) is 0 Å². The Kier molecular flexibility index (Phi) is 11.5. The maximum absolute atomic E-state index is 12.7. The third kappa shape index (κ3) is 9.01. The van der Waals surface area contributed by atoms with Crippen LogP contribution in [0.1, 0.15) is 49.7 Å². The first-order chi connectivity index (χ1) is 17.3. The number of carbonyl (C=O) groups is 1. The molecule has 0 bridgehead atoms. The summed E-state index contributed by atoms with van der Waals surface area (Å²) in [5.41, 5.74) is 2.93. The van der Waals surface area contributed by atoms with Gasteiger partial charge in [-0.3, -0.25) is 4.79 Å². The molecule has 8 nitrogen and oxygen atoms in total. The summed E-state index contributed by atoms with van der Waals surface area (Å²) >= 11 is 0. The standard InChI is InChI=1S/C27H46N4O4S/c1-29(2)18-19-36(33,34)31-17-7-16-30(27(32)22-31)15-5-4-13-28-14-6-8-23-9-10-24-11-12-26(35-3)21-25(24)20-23/h11-12,21,23,28H,4-10,13-20,22H2,1-3H3. The van der Waals surface area contributed by atoms with Crippen molar-refractivity contribution in [3.8, 4) is 5.75 Å². The molecular formula is C27H46N4O4S. The van der Waals surface area contributed by atoms with Crippen molar-refractivity contribution in [1.29, 1.82) is 0 Å². The van der Waals surface area contributed by atoms with Crippen molar-refractivity contribution in [2.45, 2.75) is 51.4 Å². The van der Waals surface area contributed by atoms with Crippen LogP contribution in [0.25, 0.3) is 0 Å². The average molecular weight is 523 g/mol. The Balaban J connectivity index is 1.26. The predicted octanol–water partition coefficient (Wildman–Crippen LogP) is 2.38. The number of sulfonamides is 1. The first-order valence-electron chi connectivity index (χ1n) is 13.6. The van der Waals surface area contributed by atoms with Gasteiger partial charge in [0.25, 0.3) is 0 Å². The molecule has 1 fully saturated rings. The van der Waals surface area contributed by atoms with Crippen LogP contribution >= 0.6 is 0 Å². The number of hydrogen-bond donors (Lipinski definition) is 1. The monoisotopic (exact) mass is 522 g/mol. The van der Waals surface area contributed by atoms with E-state index in [2.05, 4.69) is 23.5 Å². The van der Waals surface area contributed by atoms with Gasteiger partial charge >= 0.3 is 0 Å². The van der Waals surface area contributed by atoms with E-state index in [0.717, 1.165) is 44.0 Å². The summed E-state index contributed by atoms with van der Waals surface area (Å²) < 4.78 is 31.9. The number of benzene rings is 1. The van der Waals surface area contributed by atoms with Crippen molar-refractivity contribution in [2.75, 3.05) is 72.8 Å². The molecule has 1 N–H and O–H groups in total. The molecule has 0 radical (unpaired) electrons. The normalized spacial score (nSPS) is 19.4. The van der Waals surface area contributed by atoms with Gasteiger partial charge in [0.15, 0.2) is 0 Å². The minimum Gasteiger partial charge on any atom is -0.497 e. The largest absolute Gasteiger partial charge is 0.497 e. The highest BCUT2D eigenvalue weighted by atomic mass is 32.2. The van der Waals surface area contributed by atoms with Gasteiger partial charge in [0.1, 0.15) is 5.75 Å². The highest BCUT2D eigenvalue weighted by Gasteiger charge is 2.29. The van der Waals surface area contributed by atoms with Gasteiger partial charge in [-0.1, -0.05) is 6.07 Å². The van der Waals surface area contributed by atoms with Crippen LogP contribution in [0.2, 0.25) is 0 Å². The van der Waals surface area contributed by atoms with Gasteiger partial charge in [0.2, 0.25) is 15.9 Å². The highest BCUT2D eigenvalue weighted by Crippen LogP contribution is 2.30. The van der Waals surface area contributed by atoms with E-state index in [1.165, 1.54) is 41.1 Å². The minimum atomic E-state index is -3.39. The molecule has 1 heterocycles. The summed E-state index contributed by atoms with van der Waals surface area (Å²) in [4.78, 5) is 16.4. The zero-order chi connectivity index (χ0) is 26.0. The molecular weight excluding hydrogens is 476 g/mol. The lowest BCUT2D eigenvalue weighted by molar-refractivity contribution is -0.130. The van der Waals surface area contributed by atoms with Gasteiger partial charge < -0.3 is 19.9 Å². The van der Waals surface area contributed by atoms with Crippen LogP contribution < -0.4 is 10.1 Å². The Labute approximate surface area is 218 Å². The van der Waals surface area contributed by atoms with Crippen LogP contribution in [0.3, 0.4) is 0 Å². The second-order valence-electron chi connectivity index (χ2n) is 10.5. The van der Waals surface area contributed by atoms with Crippen molar-refractivity contribution in [2.24, 2.45) is 5.92 Å². The Bertz CT molecular complexity index is 938. The Morgan fingerprint density at radius 3 is 2.69 bits per heavy atom. The molecule has 1 atom stereocenters. The first-order valence-corrected chi connectivity index (χ1v) is 15.2. The number of nitrogens with one attached hydrogen (secondary N) is 1. The van der Waals surface area contributed by atoms with Gasteiger partial charge in [0, 0.05) is 26.2 Å². The Morgan fingerprint density at radius 1 is 1.11 bits per heavy atom. The maximum Gasteiger partial charge on any atom is 0.237 e. The number of carbonyl (C=O) groups excluding carboxylic acids is 1. The molecule has 3 rings (SSSR count). The average Bonchev–Trinajstić information content (AvgIpc) is 3.05. The molecule has 1 aromatic carbocycles. The van der Waals surface area contributed by atoms with Crippen LogP contribution in [0.4, 0.5) is 0 Å². The summed E-state index contributed by atoms with van der Waals surface area (Å²) in [5, 5.41) is 3.56. The molecule has 36 heavy (non-hydrogen) atoms. The van der Waals surface area contributed by atoms with Crippen LogP contribution in [-0.2, 0) is 27.7 Å². The fourth-order valence-electron chi connectivity index (χ4n) is 5.17. The number of ether oxygens (including phenoxy) is 1. The lowest BCUT2D eigenvalue weighted by Crippen LogP contribution is -2.41. The zero-order valence-corrected chi connectivity index (χ0v) is 23.3. The fourth-order valence-corrected chi connectivity index (χ4v) is 6.74. The summed E-state index contributed by atoms with van der Waals surface area (Å²) in [7, 11) is 2.05. The number of hydrogen-bond acceptors (Lipinski definition) is 6. The highest BCUT2D eigenvalue weighted by molar-refractivity contribution is 7.89. The number of fused-ring (bicyclic) bond motifs is 1. The van der Waals surface area contributed by atoms with Crippen molar-refractivity contribution >= 4 is 15.9 Å². The van der Waals surface area contributed by atoms with Crippen molar-refractivity contribution < 1.29 is 17.9 Å². The third-order valence-corrected chi connectivity index (χ3v) is 9.23. The number of methoxy groups -OCH3 is 1. The number of nitrogens with zero attached hydrogens (tertiary/aromatic N) is 3. The summed E-state index contributed by atoms with van der Waals surface area (Å²) in [6.45, 7) is 4.21. The smallest absolute Gasteiger partial charge is 0.237 e. The lowest BCUT2D eigenvalue weighted by Gasteiger charge is -2.25. The lowest BCUT2D eigenvalue weighted by atomic mass is 9.81. The number of rotatable bonds is 14. The number of aryl methyl sites for hydroxylation is 1. The van der Waals surface area contributed by atoms with E-state index in [-0.39, 0.29) is 18.2 Å². The summed E-state index contributed by atoms with van der Waals surface area (Å²) in [6.07, 6.45) is 8.70. The second kappa shape index (κ2) is 14.3. The molecule has 9 heteroatoms. The minimum absolute atomic E-state index is 0.0214. The summed E-state index contributed by atoms with van der Waals surface area (Å²) in [6, 6.07) is 6.49. The zero-order valence-electron chi connectivity index (χ0n) is 22.5. The van der Waals surface area contributed by atoms with Crippen molar-refractivity contribution in [3.05, 3.63) is 29.3 Å². The van der Waals surface area contributed by atoms with E-state index in [1.807, 2.05) is 23.9 Å². The van der Waals surface area contributed by atoms with Gasteiger partial charge in [-0.05, 0) is 108 Å². The topological polar surface area (TPSA) is 82.2 Å². The maximum atomic E-state index is 12.7. The van der Waals surface area contributed by atoms with E-state index in [4.69, 9.17) is 4.74 Å². The molecule has 0 saturated carbocycles. The molecule has 0 spiro atoms. The summed E-state index contributed by atoms with van der Waals surface area (Å²) in [5.74, 6) is 1.70. The number of amides is 1. The molecule has 1 aliphatic heterocycles. The van der Waals surface area contributed by atoms with Crippen LogP contribution in [-0.4, -0.2) is 101 Å². The van der Waals surface area contributed by atoms with Gasteiger partial charge in [-0.15, -0.1) is 0 Å². The third-order valence-electron chi connectivity index (χ3n) is 7.43. The van der Waals surface area contributed by atoms with Crippen LogP contribution in [0.5, 0.6) is 5.75 Å². The van der Waals surface area contributed by atoms with Crippen LogP contribution in [0.15, 0.2) is 18.2 Å². The van der Waals surface area contributed by atoms with Crippen molar-refractivity contribution in [1.82, 2.24) is 19.4 Å². The molecule has 1 aromatic rings. The van der Waals surface area contributed by atoms with E-state index in [9.17, 15) is 13.2 Å². The molecule has 0 aromatic heterocycles. The predicted molar refractivity (Wildman–Crippen MR) is 145 cm³/mol. The molecule has 2 aliphatic rings. The van der Waals surface area contributed by atoms with Crippen LogP contribution in [0, 0.1) is 5.92 Å². The SMILES string of the molecule is COc1ccc2c(c1)CC(CCCNCCCCN1CCCN(S(=O)(=O)CCN(C)C)CC1=O)CC2. The fraction of sp³-hybridized carbons (Fsp3) is 0.741. The Morgan fingerprint density at radius 2 is 1.92 bits per heavy atom. The van der Waals surface area contributed by atoms with E-state index in [0.29, 0.717) is 32.6 Å². The van der Waals surface area contributed by atoms with Gasteiger partial charge in [-0.2, -0.15) is 4.31 Å². The van der Waals surface area contributed by atoms with E-state index in [1.54, 1.807) is 7.11 Å². The quantitative estimate of drug-likeness (QED) is 0.378. The van der Waals surface area contributed by atoms with Gasteiger partial charge in [-0.25, -0.2) is 8.42 Å². The second-order valence-corrected chi connectivity index (χ2v) is 12.6.